The first-order chi connectivity index (χ1) is 63.4. The van der Waals surface area contributed by atoms with Crippen LogP contribution >= 0.6 is 0 Å². The second-order valence-corrected chi connectivity index (χ2v) is 28.8. The number of nitrogens with one attached hydrogen (secondary N) is 3. The van der Waals surface area contributed by atoms with E-state index in [-0.39, 0.29) is 74.0 Å². The summed E-state index contributed by atoms with van der Waals surface area (Å²) in [6.07, 6.45) is -0.547. The highest BCUT2D eigenvalue weighted by Gasteiger charge is 2.33. The lowest BCUT2D eigenvalue weighted by molar-refractivity contribution is -0.384. The Kier molecular flexibility index (Phi) is 68.6. The molecule has 3 N–H and O–H groups in total. The zero-order chi connectivity index (χ0) is 91.8. The fourth-order valence-electron chi connectivity index (χ4n) is 12.0. The van der Waals surface area contributed by atoms with Crippen molar-refractivity contribution in [2.24, 2.45) is 11.8 Å². The minimum atomic E-state index is -1.02. The number of ether oxygens (including phenoxy) is 27. The molecular formula is C91H142N4O34. The first-order valence-corrected chi connectivity index (χ1v) is 44.6. The molecule has 0 saturated heterocycles. The third kappa shape index (κ3) is 58.9. The van der Waals surface area contributed by atoms with Crippen LogP contribution in [0.1, 0.15) is 68.6 Å². The lowest BCUT2D eigenvalue weighted by Gasteiger charge is -2.24. The largest absolute Gasteiger partial charge is 0.514 e. The molecule has 0 saturated carbocycles. The molecule has 0 bridgehead atoms. The summed E-state index contributed by atoms with van der Waals surface area (Å²) in [5.41, 5.74) is 5.08. The van der Waals surface area contributed by atoms with Crippen LogP contribution in [0, 0.1) is 22.0 Å². The van der Waals surface area contributed by atoms with Gasteiger partial charge in [-0.3, -0.25) is 24.5 Å². The summed E-state index contributed by atoms with van der Waals surface area (Å²) in [6, 6.07) is 26.5. The van der Waals surface area contributed by atoms with Crippen molar-refractivity contribution < 1.29 is 157 Å². The van der Waals surface area contributed by atoms with Crippen LogP contribution in [0.2, 0.25) is 0 Å². The second kappa shape index (κ2) is 79.1. The molecule has 0 fully saturated rings. The first kappa shape index (κ1) is 112. The average Bonchev–Trinajstić information content (AvgIpc) is 1.62. The lowest BCUT2D eigenvalue weighted by Crippen LogP contribution is -2.46. The fourth-order valence-corrected chi connectivity index (χ4v) is 12.0. The van der Waals surface area contributed by atoms with Crippen molar-refractivity contribution in [2.45, 2.75) is 64.5 Å². The zero-order valence-electron chi connectivity index (χ0n) is 75.8. The number of Topliss-reactive ketones (excluding diaryl/α,β-unsaturated/α-hetero) is 1. The van der Waals surface area contributed by atoms with Crippen molar-refractivity contribution >= 4 is 41.2 Å². The SMILES string of the molecule is COCCOCCOCCOCCOCCOCCOCCOCCOCCOCCOCCOCCOCCOCCOCCOCCOCCOCCOCCOCCOCCOCCOCCOCCC(=O)NCCCC[C@H](CC(=O)[C@@H](NC(=O)OCC1c2ccccc2-c2ccccc21)C(C)C)C(=O)Nc1ccc(COC(=O)Oc2ccc([N+](=O)[O-])cc2)cc1. The molecule has 0 heterocycles. The van der Waals surface area contributed by atoms with Crippen molar-refractivity contribution in [1.29, 1.82) is 0 Å². The zero-order valence-corrected chi connectivity index (χ0v) is 75.8. The number of nitro benzene ring substituents is 1. The molecule has 0 radical (unpaired) electrons. The van der Waals surface area contributed by atoms with Gasteiger partial charge in [0, 0.05) is 56.2 Å². The van der Waals surface area contributed by atoms with Gasteiger partial charge in [0.1, 0.15) is 19.0 Å². The summed E-state index contributed by atoms with van der Waals surface area (Å²) < 4.78 is 148. The van der Waals surface area contributed by atoms with E-state index in [9.17, 15) is 34.1 Å². The van der Waals surface area contributed by atoms with Crippen molar-refractivity contribution in [3.8, 4) is 16.9 Å². The smallest absolute Gasteiger partial charge is 0.449 e. The van der Waals surface area contributed by atoms with Gasteiger partial charge in [0.2, 0.25) is 11.8 Å². The Morgan fingerprint density at radius 3 is 1.04 bits per heavy atom. The number of non-ortho nitro benzene ring substituents is 1. The number of nitrogens with zero attached hydrogens (tertiary/aromatic N) is 1. The number of rotatable bonds is 90. The molecule has 38 nitrogen and oxygen atoms in total. The van der Waals surface area contributed by atoms with Gasteiger partial charge in [-0.1, -0.05) is 80.9 Å². The summed E-state index contributed by atoms with van der Waals surface area (Å²) in [4.78, 5) is 77.1. The van der Waals surface area contributed by atoms with Gasteiger partial charge in [-0.15, -0.1) is 0 Å². The predicted octanol–water partition coefficient (Wildman–Crippen LogP) is 8.09. The third-order valence-electron chi connectivity index (χ3n) is 18.7. The molecule has 1 aliphatic rings. The van der Waals surface area contributed by atoms with Crippen LogP contribution in [0.5, 0.6) is 5.75 Å². The van der Waals surface area contributed by atoms with Crippen LogP contribution in [0.4, 0.5) is 21.0 Å². The van der Waals surface area contributed by atoms with E-state index in [4.69, 9.17) is 128 Å². The summed E-state index contributed by atoms with van der Waals surface area (Å²) >= 11 is 0. The van der Waals surface area contributed by atoms with Gasteiger partial charge in [-0.2, -0.15) is 0 Å². The minimum Gasteiger partial charge on any atom is -0.449 e. The fraction of sp³-hybridized carbons (Fsp3) is 0.681. The van der Waals surface area contributed by atoms with Gasteiger partial charge in [-0.05, 0) is 70.8 Å². The van der Waals surface area contributed by atoms with Gasteiger partial charge in [0.25, 0.3) is 5.69 Å². The van der Waals surface area contributed by atoms with Crippen molar-refractivity contribution in [1.82, 2.24) is 10.6 Å². The highest BCUT2D eigenvalue weighted by Crippen LogP contribution is 2.44. The maximum Gasteiger partial charge on any atom is 0.514 e. The number of hydrogen-bond acceptors (Lipinski definition) is 34. The van der Waals surface area contributed by atoms with E-state index >= 15 is 0 Å². The van der Waals surface area contributed by atoms with Crippen LogP contribution < -0.4 is 20.7 Å². The van der Waals surface area contributed by atoms with Crippen molar-refractivity contribution in [3.05, 3.63) is 124 Å². The molecule has 0 aromatic heterocycles. The van der Waals surface area contributed by atoms with E-state index in [1.54, 1.807) is 31.4 Å². The second-order valence-electron chi connectivity index (χ2n) is 28.8. The van der Waals surface area contributed by atoms with Crippen molar-refractivity contribution in [3.63, 3.8) is 0 Å². The van der Waals surface area contributed by atoms with Crippen LogP contribution in [0.15, 0.2) is 97.1 Å². The number of methoxy groups -OCH3 is 1. The molecule has 5 rings (SSSR count). The monoisotopic (exact) mass is 1830 g/mol. The molecule has 0 spiro atoms. The van der Waals surface area contributed by atoms with Gasteiger partial charge < -0.3 is 144 Å². The predicted molar refractivity (Wildman–Crippen MR) is 471 cm³/mol. The molecule has 0 unspecified atom stereocenters. The van der Waals surface area contributed by atoms with Gasteiger partial charge >= 0.3 is 12.2 Å². The number of ketones is 1. The molecule has 3 amide bonds. The third-order valence-corrected chi connectivity index (χ3v) is 18.7. The summed E-state index contributed by atoms with van der Waals surface area (Å²) in [6.45, 7) is 25.2. The topological polar surface area (TPSA) is 414 Å². The molecule has 38 heteroatoms. The molecule has 4 aromatic rings. The molecule has 1 aliphatic carbocycles. The number of fused-ring (bicyclic) bond motifs is 3. The average molecular weight is 1840 g/mol. The van der Waals surface area contributed by atoms with Crippen LogP contribution in [-0.4, -0.2) is 372 Å². The van der Waals surface area contributed by atoms with E-state index < -0.39 is 35.0 Å². The summed E-state index contributed by atoms with van der Waals surface area (Å²) in [5.74, 6) is -2.26. The van der Waals surface area contributed by atoms with Gasteiger partial charge in [-0.25, -0.2) is 9.59 Å². The minimum absolute atomic E-state index is 0.0595. The van der Waals surface area contributed by atoms with Crippen LogP contribution in [0.3, 0.4) is 0 Å². The number of carbonyl (C=O) groups is 5. The number of amides is 3. The molecule has 2 atom stereocenters. The molecular weight excluding hydrogens is 1690 g/mol. The van der Waals surface area contributed by atoms with Crippen LogP contribution in [-0.2, 0) is 144 Å². The Balaban J connectivity index is 0.713. The maximum absolute atomic E-state index is 14.2. The maximum atomic E-state index is 14.2. The summed E-state index contributed by atoms with van der Waals surface area (Å²) in [7, 11) is 1.64. The van der Waals surface area contributed by atoms with E-state index in [0.717, 1.165) is 22.3 Å². The number of carbonyl (C=O) groups excluding carboxylic acids is 5. The normalized spacial score (nSPS) is 12.3. The number of alkyl carbamates (subject to hydrolysis) is 1. The van der Waals surface area contributed by atoms with E-state index in [1.807, 2.05) is 62.4 Å². The molecule has 730 valence electrons. The number of benzene rings is 4. The quantitative estimate of drug-likeness (QED) is 0.0123. The molecule has 0 aliphatic heterocycles. The Bertz CT molecular complexity index is 3380. The van der Waals surface area contributed by atoms with Crippen LogP contribution in [0.25, 0.3) is 11.1 Å². The summed E-state index contributed by atoms with van der Waals surface area (Å²) in [5, 5.41) is 19.5. The van der Waals surface area contributed by atoms with Crippen molar-refractivity contribution in [2.75, 3.05) is 336 Å². The Morgan fingerprint density at radius 2 is 0.713 bits per heavy atom. The number of hydrogen-bond donors (Lipinski definition) is 3. The number of nitro groups is 1. The lowest BCUT2D eigenvalue weighted by atomic mass is 9.89. The van der Waals surface area contributed by atoms with E-state index in [1.165, 1.54) is 24.3 Å². The Labute approximate surface area is 758 Å². The Morgan fingerprint density at radius 1 is 0.388 bits per heavy atom. The standard InChI is InChI=1S/C91H142N4O34/c1-75(2)88(94-90(99)127-74-85-83-13-6-4-11-81(83)82-12-5-7-14-84(82)85)86(96)72-77(89(98)93-78-17-15-76(16-18-78)73-128-91(100)129-80-21-19-79(20-22-80)95(101)102)10-8-9-24-92-87(97)23-25-104-28-29-106-32-33-108-36-37-110-40-41-112-44-45-114-48-49-116-52-53-118-56-57-120-60-61-122-64-65-124-68-69-126-71-70-125-67-66-123-63-62-121-59-58-119-55-54-117-51-50-115-47-46-113-43-42-111-39-38-109-35-34-107-31-30-105-27-26-103-3/h4-7,11-22,75,77,85,88H,8-10,23-74H2,1-3H3,(H,92,97)(H,93,98)(H,94,99)/t77-,88+/m1/s1. The van der Waals surface area contributed by atoms with E-state index in [0.29, 0.717) is 335 Å². The molecule has 129 heavy (non-hydrogen) atoms. The molecule has 4 aromatic carbocycles. The highest BCUT2D eigenvalue weighted by molar-refractivity contribution is 5.97. The van der Waals surface area contributed by atoms with Gasteiger partial charge in [0.15, 0.2) is 5.78 Å². The number of anilines is 1. The number of unbranched alkanes of at least 4 members (excludes halogenated alkanes) is 1. The van der Waals surface area contributed by atoms with Gasteiger partial charge in [0.05, 0.1) is 321 Å². The Hall–Kier alpha value is -7.53. The highest BCUT2D eigenvalue weighted by atomic mass is 16.7. The van der Waals surface area contributed by atoms with E-state index in [2.05, 4.69) is 16.0 Å². The first-order valence-electron chi connectivity index (χ1n) is 44.6.